The summed E-state index contributed by atoms with van der Waals surface area (Å²) < 4.78 is 0. The molecule has 0 spiro atoms. The van der Waals surface area contributed by atoms with Crippen LogP contribution in [0.2, 0.25) is 0 Å². The molecule has 1 N–H and O–H groups in total. The Labute approximate surface area is 85.2 Å². The molecule has 0 aliphatic carbocycles. The van der Waals surface area contributed by atoms with Gasteiger partial charge in [0.05, 0.1) is 6.54 Å². The minimum Gasteiger partial charge on any atom is -0.341 e. The number of nitrogens with one attached hydrogen (secondary N) is 1. The van der Waals surface area contributed by atoms with Gasteiger partial charge in [-0.15, -0.1) is 0 Å². The van der Waals surface area contributed by atoms with E-state index >= 15 is 0 Å². The molecule has 80 valence electrons. The molecule has 2 fully saturated rings. The summed E-state index contributed by atoms with van der Waals surface area (Å²) in [5.74, 6) is 0.260. The lowest BCUT2D eigenvalue weighted by Gasteiger charge is -2.40. The van der Waals surface area contributed by atoms with Gasteiger partial charge in [-0.1, -0.05) is 0 Å². The fourth-order valence-corrected chi connectivity index (χ4v) is 2.29. The summed E-state index contributed by atoms with van der Waals surface area (Å²) in [5, 5.41) is 3.34. The summed E-state index contributed by atoms with van der Waals surface area (Å²) in [5.41, 5.74) is 0. The number of carbonyl (C=O) groups is 1. The largest absolute Gasteiger partial charge is 0.341 e. The molecule has 2 rings (SSSR count). The Bertz CT molecular complexity index is 225. The van der Waals surface area contributed by atoms with Crippen molar-refractivity contribution >= 4 is 5.91 Å². The molecule has 0 saturated carbocycles. The highest BCUT2D eigenvalue weighted by Crippen LogP contribution is 2.15. The van der Waals surface area contributed by atoms with Crippen LogP contribution in [0.5, 0.6) is 0 Å². The lowest BCUT2D eigenvalue weighted by Crippen LogP contribution is -2.56. The average molecular weight is 197 g/mol. The van der Waals surface area contributed by atoms with Crippen LogP contribution in [-0.2, 0) is 4.79 Å². The molecule has 4 heteroatoms. The monoisotopic (exact) mass is 197 g/mol. The first-order valence-corrected chi connectivity index (χ1v) is 5.39. The Hall–Kier alpha value is -0.610. The number of likely N-dealkylation sites (N-methyl/N-ethyl adjacent to an activating group) is 1. The standard InChI is InChI=1S/C10H19N3O/c1-8-6-13(7-10(14)12(8)2)9-3-4-11-5-9/h8-9,11H,3-7H2,1-2H3. The Morgan fingerprint density at radius 2 is 2.29 bits per heavy atom. The summed E-state index contributed by atoms with van der Waals surface area (Å²) in [6.07, 6.45) is 1.18. The highest BCUT2D eigenvalue weighted by atomic mass is 16.2. The van der Waals surface area contributed by atoms with E-state index in [0.717, 1.165) is 19.6 Å². The van der Waals surface area contributed by atoms with E-state index in [4.69, 9.17) is 0 Å². The molecule has 2 heterocycles. The van der Waals surface area contributed by atoms with E-state index in [9.17, 15) is 4.79 Å². The van der Waals surface area contributed by atoms with Gasteiger partial charge in [-0.2, -0.15) is 0 Å². The maximum absolute atomic E-state index is 11.6. The van der Waals surface area contributed by atoms with Gasteiger partial charge in [0.2, 0.25) is 5.91 Å². The van der Waals surface area contributed by atoms with Crippen LogP contribution in [0.1, 0.15) is 13.3 Å². The van der Waals surface area contributed by atoms with E-state index in [1.807, 2.05) is 11.9 Å². The molecule has 0 aromatic carbocycles. The third-order valence-electron chi connectivity index (χ3n) is 3.44. The zero-order chi connectivity index (χ0) is 10.1. The smallest absolute Gasteiger partial charge is 0.236 e. The Morgan fingerprint density at radius 1 is 1.50 bits per heavy atom. The summed E-state index contributed by atoms with van der Waals surface area (Å²) >= 11 is 0. The molecule has 0 bridgehead atoms. The van der Waals surface area contributed by atoms with Crippen molar-refractivity contribution in [3.8, 4) is 0 Å². The van der Waals surface area contributed by atoms with E-state index < -0.39 is 0 Å². The Kier molecular flexibility index (Phi) is 2.74. The normalized spacial score (nSPS) is 35.3. The lowest BCUT2D eigenvalue weighted by atomic mass is 10.1. The predicted molar refractivity (Wildman–Crippen MR) is 55.1 cm³/mol. The molecule has 2 unspecified atom stereocenters. The highest BCUT2D eigenvalue weighted by molar-refractivity contribution is 5.79. The SMILES string of the molecule is CC1CN(C2CCNC2)CC(=O)N1C. The Balaban J connectivity index is 1.97. The van der Waals surface area contributed by atoms with Crippen LogP contribution < -0.4 is 5.32 Å². The number of amides is 1. The van der Waals surface area contributed by atoms with Crippen LogP contribution in [0.25, 0.3) is 0 Å². The number of hydrogen-bond donors (Lipinski definition) is 1. The van der Waals surface area contributed by atoms with Crippen LogP contribution in [0, 0.1) is 0 Å². The molecule has 0 aromatic rings. The number of hydrogen-bond acceptors (Lipinski definition) is 3. The van der Waals surface area contributed by atoms with Gasteiger partial charge in [-0.3, -0.25) is 9.69 Å². The molecule has 0 aromatic heterocycles. The molecule has 2 aliphatic heterocycles. The van der Waals surface area contributed by atoms with Crippen molar-refractivity contribution in [2.45, 2.75) is 25.4 Å². The second-order valence-electron chi connectivity index (χ2n) is 4.43. The minimum atomic E-state index is 0.260. The highest BCUT2D eigenvalue weighted by Gasteiger charge is 2.32. The number of piperazine rings is 1. The maximum atomic E-state index is 11.6. The van der Waals surface area contributed by atoms with Crippen molar-refractivity contribution in [2.75, 3.05) is 33.2 Å². The molecule has 2 atom stereocenters. The van der Waals surface area contributed by atoms with Gasteiger partial charge in [0.25, 0.3) is 0 Å². The summed E-state index contributed by atoms with van der Waals surface area (Å²) in [4.78, 5) is 15.8. The van der Waals surface area contributed by atoms with Crippen molar-refractivity contribution in [3.05, 3.63) is 0 Å². The quantitative estimate of drug-likeness (QED) is 0.616. The summed E-state index contributed by atoms with van der Waals surface area (Å²) in [7, 11) is 1.90. The van der Waals surface area contributed by atoms with Crippen LogP contribution in [-0.4, -0.2) is 61.0 Å². The minimum absolute atomic E-state index is 0.260. The van der Waals surface area contributed by atoms with Crippen molar-refractivity contribution in [3.63, 3.8) is 0 Å². The van der Waals surface area contributed by atoms with Crippen molar-refractivity contribution in [2.24, 2.45) is 0 Å². The van der Waals surface area contributed by atoms with Crippen LogP contribution in [0.15, 0.2) is 0 Å². The van der Waals surface area contributed by atoms with E-state index in [1.54, 1.807) is 0 Å². The van der Waals surface area contributed by atoms with Gasteiger partial charge in [-0.05, 0) is 19.9 Å². The van der Waals surface area contributed by atoms with Gasteiger partial charge in [-0.25, -0.2) is 0 Å². The molecule has 0 radical (unpaired) electrons. The molecule has 2 saturated heterocycles. The van der Waals surface area contributed by atoms with Gasteiger partial charge in [0.1, 0.15) is 0 Å². The topological polar surface area (TPSA) is 35.6 Å². The molecule has 14 heavy (non-hydrogen) atoms. The molecular formula is C10H19N3O. The summed E-state index contributed by atoms with van der Waals surface area (Å²) in [6.45, 7) is 5.89. The van der Waals surface area contributed by atoms with Crippen LogP contribution in [0.3, 0.4) is 0 Å². The third-order valence-corrected chi connectivity index (χ3v) is 3.44. The molecular weight excluding hydrogens is 178 g/mol. The van der Waals surface area contributed by atoms with Gasteiger partial charge in [0.15, 0.2) is 0 Å². The van der Waals surface area contributed by atoms with Crippen LogP contribution >= 0.6 is 0 Å². The van der Waals surface area contributed by atoms with Gasteiger partial charge < -0.3 is 10.2 Å². The van der Waals surface area contributed by atoms with E-state index in [-0.39, 0.29) is 5.91 Å². The van der Waals surface area contributed by atoms with Crippen molar-refractivity contribution in [1.29, 1.82) is 0 Å². The van der Waals surface area contributed by atoms with E-state index in [2.05, 4.69) is 17.1 Å². The summed E-state index contributed by atoms with van der Waals surface area (Å²) in [6, 6.07) is 0.937. The molecule has 1 amide bonds. The first kappa shape index (κ1) is 9.93. The third kappa shape index (κ3) is 1.77. The average Bonchev–Trinajstić information content (AvgIpc) is 2.66. The van der Waals surface area contributed by atoms with E-state index in [0.29, 0.717) is 18.6 Å². The lowest BCUT2D eigenvalue weighted by molar-refractivity contribution is -0.138. The predicted octanol–water partition coefficient (Wildman–Crippen LogP) is -0.489. The van der Waals surface area contributed by atoms with Gasteiger partial charge >= 0.3 is 0 Å². The second-order valence-corrected chi connectivity index (χ2v) is 4.43. The van der Waals surface area contributed by atoms with Gasteiger partial charge in [0, 0.05) is 32.2 Å². The molecule has 2 aliphatic rings. The fourth-order valence-electron chi connectivity index (χ4n) is 2.29. The van der Waals surface area contributed by atoms with Crippen LogP contribution in [0.4, 0.5) is 0 Å². The maximum Gasteiger partial charge on any atom is 0.236 e. The Morgan fingerprint density at radius 3 is 2.86 bits per heavy atom. The first-order valence-electron chi connectivity index (χ1n) is 5.39. The fraction of sp³-hybridized carbons (Fsp3) is 0.900. The van der Waals surface area contributed by atoms with Crippen molar-refractivity contribution in [1.82, 2.24) is 15.1 Å². The molecule has 4 nitrogen and oxygen atoms in total. The first-order chi connectivity index (χ1) is 6.68. The number of rotatable bonds is 1. The van der Waals surface area contributed by atoms with E-state index in [1.165, 1.54) is 6.42 Å². The van der Waals surface area contributed by atoms with Crippen molar-refractivity contribution < 1.29 is 4.79 Å². The number of carbonyl (C=O) groups excluding carboxylic acids is 1. The number of nitrogens with zero attached hydrogens (tertiary/aromatic N) is 2. The zero-order valence-electron chi connectivity index (χ0n) is 8.99. The second kappa shape index (κ2) is 3.87. The zero-order valence-corrected chi connectivity index (χ0v) is 8.99.